The van der Waals surface area contributed by atoms with Crippen molar-refractivity contribution in [3.63, 3.8) is 0 Å². The number of carbonyl (C=O) groups excluding carboxylic acids is 1. The van der Waals surface area contributed by atoms with Gasteiger partial charge in [-0.3, -0.25) is 14.5 Å². The standard InChI is InChI=1S/C19H23N3O2.C2H5NO2/c1-11(10-23)21-19(24)13-6-15-14-4-3-5-16-18(14)12(8-20-16)7-17(15)22(2)9-13;3-1-2(4)5/h3-6,8,11,13,17,20,23H,7,9-10H2,1-2H3,(H,21,24);1,3H2,(H,4,5)/t11-,13+,17+;/m0./s1. The molecule has 1 aromatic heterocycles. The monoisotopic (exact) mass is 400 g/mol. The number of likely N-dealkylation sites (N-methyl/N-ethyl adjacent to an activating group) is 1. The Morgan fingerprint density at radius 3 is 2.79 bits per heavy atom. The average Bonchev–Trinajstić information content (AvgIpc) is 3.13. The Bertz CT molecular complexity index is 936. The van der Waals surface area contributed by atoms with E-state index >= 15 is 0 Å². The predicted molar refractivity (Wildman–Crippen MR) is 111 cm³/mol. The Morgan fingerprint density at radius 1 is 1.41 bits per heavy atom. The minimum atomic E-state index is -0.968. The first kappa shape index (κ1) is 21.0. The van der Waals surface area contributed by atoms with E-state index < -0.39 is 5.97 Å². The summed E-state index contributed by atoms with van der Waals surface area (Å²) in [7, 11) is 2.09. The SMILES string of the molecule is C[C@@H](CO)NC(=O)[C@@H]1C=C2c3cccc4[nH]cc(c34)C[C@H]2N(C)C1.NCC(=O)O. The van der Waals surface area contributed by atoms with Gasteiger partial charge in [-0.15, -0.1) is 0 Å². The lowest BCUT2D eigenvalue weighted by molar-refractivity contribution is -0.135. The number of carboxylic acids is 1. The predicted octanol–water partition coefficient (Wildman–Crippen LogP) is 0.564. The molecular weight excluding hydrogens is 372 g/mol. The molecular formula is C21H28N4O4. The fourth-order valence-electron chi connectivity index (χ4n) is 4.01. The van der Waals surface area contributed by atoms with E-state index in [1.54, 1.807) is 0 Å². The molecule has 8 heteroatoms. The molecule has 2 aromatic rings. The number of hydrogen-bond acceptors (Lipinski definition) is 5. The van der Waals surface area contributed by atoms with Gasteiger partial charge in [-0.25, -0.2) is 0 Å². The van der Waals surface area contributed by atoms with E-state index in [9.17, 15) is 9.59 Å². The number of carbonyl (C=O) groups is 2. The van der Waals surface area contributed by atoms with Crippen LogP contribution in [0.2, 0.25) is 0 Å². The molecule has 0 saturated carbocycles. The number of aromatic nitrogens is 1. The van der Waals surface area contributed by atoms with Crippen molar-refractivity contribution in [2.24, 2.45) is 11.7 Å². The second-order valence-corrected chi connectivity index (χ2v) is 7.62. The fraction of sp³-hybridized carbons (Fsp3) is 0.429. The molecule has 1 aliphatic heterocycles. The number of nitrogens with zero attached hydrogens (tertiary/aromatic N) is 1. The van der Waals surface area contributed by atoms with Crippen LogP contribution < -0.4 is 11.1 Å². The van der Waals surface area contributed by atoms with E-state index in [4.69, 9.17) is 10.2 Å². The fourth-order valence-corrected chi connectivity index (χ4v) is 4.01. The van der Waals surface area contributed by atoms with Crippen molar-refractivity contribution in [1.29, 1.82) is 0 Å². The summed E-state index contributed by atoms with van der Waals surface area (Å²) in [5, 5.41) is 20.9. The quantitative estimate of drug-likeness (QED) is 0.510. The molecule has 2 aliphatic rings. The van der Waals surface area contributed by atoms with Crippen molar-refractivity contribution in [3.8, 4) is 0 Å². The Balaban J connectivity index is 0.000000431. The molecule has 0 saturated heterocycles. The van der Waals surface area contributed by atoms with Crippen molar-refractivity contribution in [1.82, 2.24) is 15.2 Å². The molecule has 0 bridgehead atoms. The Labute approximate surface area is 169 Å². The minimum Gasteiger partial charge on any atom is -0.480 e. The number of nitrogens with one attached hydrogen (secondary N) is 2. The average molecular weight is 400 g/mol. The first-order chi connectivity index (χ1) is 13.8. The van der Waals surface area contributed by atoms with E-state index in [0.29, 0.717) is 12.6 Å². The van der Waals surface area contributed by atoms with Crippen LogP contribution in [0.1, 0.15) is 18.1 Å². The topological polar surface area (TPSA) is 132 Å². The van der Waals surface area contributed by atoms with Crippen LogP contribution in [0, 0.1) is 5.92 Å². The van der Waals surface area contributed by atoms with Crippen molar-refractivity contribution in [2.75, 3.05) is 26.7 Å². The number of rotatable bonds is 4. The summed E-state index contributed by atoms with van der Waals surface area (Å²) in [6, 6.07) is 6.42. The molecule has 4 rings (SSSR count). The highest BCUT2D eigenvalue weighted by Crippen LogP contribution is 2.40. The van der Waals surface area contributed by atoms with Crippen molar-refractivity contribution in [3.05, 3.63) is 41.6 Å². The maximum absolute atomic E-state index is 12.5. The van der Waals surface area contributed by atoms with Gasteiger partial charge < -0.3 is 26.2 Å². The zero-order valence-electron chi connectivity index (χ0n) is 16.7. The third-order valence-corrected chi connectivity index (χ3v) is 5.44. The van der Waals surface area contributed by atoms with Crippen molar-refractivity contribution >= 4 is 28.4 Å². The molecule has 1 amide bonds. The maximum Gasteiger partial charge on any atom is 0.317 e. The summed E-state index contributed by atoms with van der Waals surface area (Å²) < 4.78 is 0. The normalized spacial score (nSPS) is 21.4. The minimum absolute atomic E-state index is 0.0126. The summed E-state index contributed by atoms with van der Waals surface area (Å²) >= 11 is 0. The molecule has 0 radical (unpaired) electrons. The third-order valence-electron chi connectivity index (χ3n) is 5.44. The Kier molecular flexibility index (Phi) is 6.36. The van der Waals surface area contributed by atoms with Crippen LogP contribution in [0.15, 0.2) is 30.5 Å². The lowest BCUT2D eigenvalue weighted by Crippen LogP contribution is -2.48. The van der Waals surface area contributed by atoms with E-state index in [1.807, 2.05) is 6.92 Å². The first-order valence-corrected chi connectivity index (χ1v) is 9.70. The van der Waals surface area contributed by atoms with Crippen LogP contribution in [-0.2, 0) is 16.0 Å². The maximum atomic E-state index is 12.5. The third kappa shape index (κ3) is 4.34. The first-order valence-electron chi connectivity index (χ1n) is 9.70. The second-order valence-electron chi connectivity index (χ2n) is 7.62. The number of H-pyrrole nitrogens is 1. The molecule has 0 fully saturated rings. The Hall–Kier alpha value is -2.68. The summed E-state index contributed by atoms with van der Waals surface area (Å²) in [6.45, 7) is 2.20. The number of amides is 1. The Morgan fingerprint density at radius 2 is 2.14 bits per heavy atom. The van der Waals surface area contributed by atoms with E-state index in [2.05, 4.69) is 58.5 Å². The van der Waals surface area contributed by atoms with Crippen molar-refractivity contribution in [2.45, 2.75) is 25.4 Å². The van der Waals surface area contributed by atoms with Gasteiger partial charge in [-0.1, -0.05) is 18.2 Å². The number of aliphatic hydroxyl groups is 1. The van der Waals surface area contributed by atoms with Gasteiger partial charge in [-0.2, -0.15) is 0 Å². The number of nitrogens with two attached hydrogens (primary N) is 1. The van der Waals surface area contributed by atoms with Crippen LogP contribution in [0.4, 0.5) is 0 Å². The smallest absolute Gasteiger partial charge is 0.317 e. The zero-order valence-corrected chi connectivity index (χ0v) is 16.7. The van der Waals surface area contributed by atoms with Crippen LogP contribution >= 0.6 is 0 Å². The van der Waals surface area contributed by atoms with Gasteiger partial charge in [0.15, 0.2) is 0 Å². The second kappa shape index (κ2) is 8.77. The van der Waals surface area contributed by atoms with Gasteiger partial charge in [0.05, 0.1) is 19.1 Å². The highest BCUT2D eigenvalue weighted by molar-refractivity contribution is 5.99. The summed E-state index contributed by atoms with van der Waals surface area (Å²) in [5.41, 5.74) is 9.57. The van der Waals surface area contributed by atoms with Crippen LogP contribution in [0.25, 0.3) is 16.5 Å². The molecule has 29 heavy (non-hydrogen) atoms. The number of carboxylic acid groups (broad SMARTS) is 1. The molecule has 2 heterocycles. The van der Waals surface area contributed by atoms with Gasteiger partial charge in [0, 0.05) is 35.7 Å². The molecule has 3 atom stereocenters. The number of benzene rings is 1. The van der Waals surface area contributed by atoms with Crippen LogP contribution in [-0.4, -0.2) is 70.8 Å². The number of aromatic amines is 1. The van der Waals surface area contributed by atoms with Crippen molar-refractivity contribution < 1.29 is 19.8 Å². The lowest BCUT2D eigenvalue weighted by atomic mass is 9.80. The van der Waals surface area contributed by atoms with Gasteiger partial charge in [0.25, 0.3) is 0 Å². The zero-order chi connectivity index (χ0) is 21.1. The molecule has 0 unspecified atom stereocenters. The van der Waals surface area contributed by atoms with Crippen LogP contribution in [0.5, 0.6) is 0 Å². The van der Waals surface area contributed by atoms with Gasteiger partial charge in [-0.05, 0) is 43.2 Å². The molecule has 1 aliphatic carbocycles. The lowest BCUT2D eigenvalue weighted by Gasteiger charge is -2.39. The largest absolute Gasteiger partial charge is 0.480 e. The molecule has 1 aromatic carbocycles. The number of aliphatic hydroxyl groups excluding tert-OH is 1. The molecule has 8 nitrogen and oxygen atoms in total. The number of fused-ring (bicyclic) bond motifs is 2. The molecule has 6 N–H and O–H groups in total. The van der Waals surface area contributed by atoms with E-state index in [-0.39, 0.29) is 31.0 Å². The van der Waals surface area contributed by atoms with Gasteiger partial charge in [0.1, 0.15) is 0 Å². The van der Waals surface area contributed by atoms with Crippen LogP contribution in [0.3, 0.4) is 0 Å². The van der Waals surface area contributed by atoms with Gasteiger partial charge >= 0.3 is 5.97 Å². The van der Waals surface area contributed by atoms with Gasteiger partial charge in [0.2, 0.25) is 5.91 Å². The summed E-state index contributed by atoms with van der Waals surface area (Å²) in [5.74, 6) is -1.17. The number of aliphatic carboxylic acids is 1. The summed E-state index contributed by atoms with van der Waals surface area (Å²) in [6.07, 6.45) is 5.22. The highest BCUT2D eigenvalue weighted by Gasteiger charge is 2.35. The van der Waals surface area contributed by atoms with E-state index in [0.717, 1.165) is 11.9 Å². The summed E-state index contributed by atoms with van der Waals surface area (Å²) in [4.78, 5) is 27.4. The molecule has 0 spiro atoms. The molecule has 156 valence electrons. The number of hydrogen-bond donors (Lipinski definition) is 5. The highest BCUT2D eigenvalue weighted by atomic mass is 16.4. The van der Waals surface area contributed by atoms with E-state index in [1.165, 1.54) is 22.1 Å².